The van der Waals surface area contributed by atoms with Crippen molar-refractivity contribution in [3.8, 4) is 5.75 Å². The number of hydrogen-bond donors (Lipinski definition) is 1. The van der Waals surface area contributed by atoms with Crippen molar-refractivity contribution in [2.45, 2.75) is 0 Å². The van der Waals surface area contributed by atoms with Crippen LogP contribution in [0, 0.1) is 0 Å². The number of methoxy groups -OCH3 is 1. The van der Waals surface area contributed by atoms with Crippen LogP contribution in [0.25, 0.3) is 10.1 Å². The summed E-state index contributed by atoms with van der Waals surface area (Å²) in [5.74, 6) is 0.397. The fraction of sp³-hybridized carbons (Fsp3) is 0.0588. The molecule has 0 aliphatic heterocycles. The molecule has 0 spiro atoms. The molecule has 7 heteroatoms. The van der Waals surface area contributed by atoms with Crippen LogP contribution in [0.3, 0.4) is 0 Å². The number of rotatable bonds is 4. The molecule has 4 nitrogen and oxygen atoms in total. The van der Waals surface area contributed by atoms with Gasteiger partial charge in [0, 0.05) is 15.1 Å². The Bertz CT molecular complexity index is 920. The summed E-state index contributed by atoms with van der Waals surface area (Å²) in [6.07, 6.45) is 1.55. The van der Waals surface area contributed by atoms with E-state index in [2.05, 4.69) is 10.5 Å². The lowest BCUT2D eigenvalue weighted by Gasteiger charge is -1.99. The van der Waals surface area contributed by atoms with Crippen molar-refractivity contribution in [1.82, 2.24) is 5.43 Å². The van der Waals surface area contributed by atoms with E-state index in [1.165, 1.54) is 11.3 Å². The lowest BCUT2D eigenvalue weighted by molar-refractivity contribution is 0.0959. The van der Waals surface area contributed by atoms with Crippen LogP contribution in [0.5, 0.6) is 5.75 Å². The second-order valence-electron chi connectivity index (χ2n) is 4.86. The van der Waals surface area contributed by atoms with Crippen molar-refractivity contribution in [3.05, 3.63) is 63.0 Å². The fourth-order valence-corrected chi connectivity index (χ4v) is 3.77. The molecule has 24 heavy (non-hydrogen) atoms. The summed E-state index contributed by atoms with van der Waals surface area (Å²) in [6, 6.07) is 12.6. The van der Waals surface area contributed by atoms with E-state index in [1.54, 1.807) is 31.5 Å². The molecule has 1 amide bonds. The lowest BCUT2D eigenvalue weighted by Crippen LogP contribution is -2.16. The Hall–Kier alpha value is -2.08. The first-order chi connectivity index (χ1) is 11.6. The molecule has 2 aromatic carbocycles. The molecule has 1 N–H and O–H groups in total. The zero-order valence-corrected chi connectivity index (χ0v) is 14.9. The summed E-state index contributed by atoms with van der Waals surface area (Å²) >= 11 is 13.5. The predicted octanol–water partition coefficient (Wildman–Crippen LogP) is 4.98. The van der Waals surface area contributed by atoms with E-state index in [0.717, 1.165) is 21.4 Å². The van der Waals surface area contributed by atoms with Gasteiger partial charge in [0.2, 0.25) is 0 Å². The number of fused-ring (bicyclic) bond motifs is 1. The van der Waals surface area contributed by atoms with Gasteiger partial charge in [-0.1, -0.05) is 29.3 Å². The molecule has 0 saturated heterocycles. The lowest BCUT2D eigenvalue weighted by atomic mass is 10.2. The molecule has 0 unspecified atom stereocenters. The van der Waals surface area contributed by atoms with E-state index >= 15 is 0 Å². The first-order valence-electron chi connectivity index (χ1n) is 6.93. The number of ether oxygens (including phenoxy) is 1. The summed E-state index contributed by atoms with van der Waals surface area (Å²) in [4.78, 5) is 12.7. The molecule has 0 aliphatic carbocycles. The SMILES string of the molecule is COc1ccc(/C=N/NC(=O)c2sc3cc(Cl)ccc3c2Cl)cc1. The average Bonchev–Trinajstić information content (AvgIpc) is 2.91. The van der Waals surface area contributed by atoms with Gasteiger partial charge in [-0.2, -0.15) is 5.10 Å². The van der Waals surface area contributed by atoms with Gasteiger partial charge in [0.05, 0.1) is 18.3 Å². The quantitative estimate of drug-likeness (QED) is 0.513. The zero-order chi connectivity index (χ0) is 17.1. The molecule has 122 valence electrons. The Morgan fingerprint density at radius 3 is 2.67 bits per heavy atom. The van der Waals surface area contributed by atoms with Gasteiger partial charge in [-0.05, 0) is 42.0 Å². The minimum absolute atomic E-state index is 0.359. The van der Waals surface area contributed by atoms with Crippen molar-refractivity contribution >= 4 is 56.7 Å². The van der Waals surface area contributed by atoms with Crippen LogP contribution in [0.15, 0.2) is 47.6 Å². The minimum atomic E-state index is -0.359. The number of nitrogens with zero attached hydrogens (tertiary/aromatic N) is 1. The predicted molar refractivity (Wildman–Crippen MR) is 99.9 cm³/mol. The van der Waals surface area contributed by atoms with E-state index in [9.17, 15) is 4.79 Å². The summed E-state index contributed by atoms with van der Waals surface area (Å²) in [5.41, 5.74) is 3.32. The smallest absolute Gasteiger partial charge is 0.283 e. The summed E-state index contributed by atoms with van der Waals surface area (Å²) in [6.45, 7) is 0. The molecule has 3 rings (SSSR count). The Labute approximate surface area is 152 Å². The number of hydrazone groups is 1. The van der Waals surface area contributed by atoms with Crippen molar-refractivity contribution in [2.75, 3.05) is 7.11 Å². The van der Waals surface area contributed by atoms with Gasteiger partial charge in [0.15, 0.2) is 0 Å². The van der Waals surface area contributed by atoms with E-state index in [0.29, 0.717) is 14.9 Å². The topological polar surface area (TPSA) is 50.7 Å². The van der Waals surface area contributed by atoms with Crippen molar-refractivity contribution < 1.29 is 9.53 Å². The van der Waals surface area contributed by atoms with Gasteiger partial charge in [-0.15, -0.1) is 11.3 Å². The number of amides is 1. The normalized spacial score (nSPS) is 11.1. The van der Waals surface area contributed by atoms with Crippen LogP contribution in [-0.2, 0) is 0 Å². The van der Waals surface area contributed by atoms with Gasteiger partial charge in [0.1, 0.15) is 10.6 Å². The second-order valence-corrected chi connectivity index (χ2v) is 6.72. The first-order valence-corrected chi connectivity index (χ1v) is 8.51. The highest BCUT2D eigenvalue weighted by atomic mass is 35.5. The third-order valence-corrected chi connectivity index (χ3v) is 5.18. The maximum Gasteiger partial charge on any atom is 0.283 e. The molecule has 3 aromatic rings. The van der Waals surface area contributed by atoms with Crippen LogP contribution in [0.1, 0.15) is 15.2 Å². The maximum atomic E-state index is 12.3. The molecule has 0 saturated carbocycles. The first kappa shape index (κ1) is 16.8. The Balaban J connectivity index is 1.74. The molecule has 0 radical (unpaired) electrons. The third-order valence-electron chi connectivity index (χ3n) is 3.29. The van der Waals surface area contributed by atoms with Crippen LogP contribution in [0.4, 0.5) is 0 Å². The van der Waals surface area contributed by atoms with E-state index in [1.807, 2.05) is 24.3 Å². The number of benzene rings is 2. The Morgan fingerprint density at radius 1 is 1.21 bits per heavy atom. The minimum Gasteiger partial charge on any atom is -0.497 e. The van der Waals surface area contributed by atoms with Crippen LogP contribution in [-0.4, -0.2) is 19.2 Å². The number of carbonyl (C=O) groups excluding carboxylic acids is 1. The molecule has 0 atom stereocenters. The molecular formula is C17H12Cl2N2O2S. The van der Waals surface area contributed by atoms with Gasteiger partial charge >= 0.3 is 0 Å². The zero-order valence-electron chi connectivity index (χ0n) is 12.5. The van der Waals surface area contributed by atoms with Crippen LogP contribution in [0.2, 0.25) is 10.0 Å². The Kier molecular flexibility index (Phi) is 5.04. The van der Waals surface area contributed by atoms with Crippen LogP contribution >= 0.6 is 34.5 Å². The number of hydrogen-bond acceptors (Lipinski definition) is 4. The number of carbonyl (C=O) groups is 1. The van der Waals surface area contributed by atoms with E-state index in [4.69, 9.17) is 27.9 Å². The highest BCUT2D eigenvalue weighted by Gasteiger charge is 2.16. The number of nitrogens with one attached hydrogen (secondary N) is 1. The number of halogens is 2. The van der Waals surface area contributed by atoms with Gasteiger partial charge in [-0.25, -0.2) is 5.43 Å². The van der Waals surface area contributed by atoms with Crippen LogP contribution < -0.4 is 10.2 Å². The van der Waals surface area contributed by atoms with Crippen molar-refractivity contribution in [1.29, 1.82) is 0 Å². The van der Waals surface area contributed by atoms with Gasteiger partial charge < -0.3 is 4.74 Å². The molecule has 0 bridgehead atoms. The molecular weight excluding hydrogens is 367 g/mol. The number of thiophene rings is 1. The monoisotopic (exact) mass is 378 g/mol. The maximum absolute atomic E-state index is 12.3. The average molecular weight is 379 g/mol. The summed E-state index contributed by atoms with van der Waals surface area (Å²) in [7, 11) is 1.60. The molecule has 1 heterocycles. The van der Waals surface area contributed by atoms with Crippen molar-refractivity contribution in [3.63, 3.8) is 0 Å². The summed E-state index contributed by atoms with van der Waals surface area (Å²) < 4.78 is 5.94. The highest BCUT2D eigenvalue weighted by Crippen LogP contribution is 2.36. The summed E-state index contributed by atoms with van der Waals surface area (Å²) in [5, 5.41) is 5.77. The third kappa shape index (κ3) is 3.53. The van der Waals surface area contributed by atoms with Gasteiger partial charge in [-0.3, -0.25) is 4.79 Å². The Morgan fingerprint density at radius 2 is 1.96 bits per heavy atom. The fourth-order valence-electron chi connectivity index (χ4n) is 2.09. The molecule has 0 fully saturated rings. The van der Waals surface area contributed by atoms with E-state index in [-0.39, 0.29) is 5.91 Å². The highest BCUT2D eigenvalue weighted by molar-refractivity contribution is 7.21. The molecule has 0 aliphatic rings. The molecule has 1 aromatic heterocycles. The second kappa shape index (κ2) is 7.21. The standard InChI is InChI=1S/C17H12Cl2N2O2S/c1-23-12-5-2-10(3-6-12)9-20-21-17(22)16-15(19)13-7-4-11(18)8-14(13)24-16/h2-9H,1H3,(H,21,22)/b20-9+. The van der Waals surface area contributed by atoms with E-state index < -0.39 is 0 Å². The van der Waals surface area contributed by atoms with Gasteiger partial charge in [0.25, 0.3) is 5.91 Å². The van der Waals surface area contributed by atoms with Crippen molar-refractivity contribution in [2.24, 2.45) is 5.10 Å². The largest absolute Gasteiger partial charge is 0.497 e.